The van der Waals surface area contributed by atoms with Gasteiger partial charge >= 0.3 is 21.1 Å². The first kappa shape index (κ1) is 26.7. The zero-order valence-electron chi connectivity index (χ0n) is 20.6. The summed E-state index contributed by atoms with van der Waals surface area (Å²) in [5.74, 6) is 0. The summed E-state index contributed by atoms with van der Waals surface area (Å²) in [4.78, 5) is 12.7. The molecule has 3 heterocycles. The van der Waals surface area contributed by atoms with E-state index in [0.717, 1.165) is 17.1 Å². The van der Waals surface area contributed by atoms with Crippen LogP contribution in [0.3, 0.4) is 0 Å². The van der Waals surface area contributed by atoms with Crippen LogP contribution in [0.15, 0.2) is 116 Å². The Morgan fingerprint density at radius 1 is 0.658 bits per heavy atom. The van der Waals surface area contributed by atoms with Crippen molar-refractivity contribution in [3.8, 4) is 22.3 Å². The van der Waals surface area contributed by atoms with Crippen molar-refractivity contribution in [3.63, 3.8) is 0 Å². The molecule has 7 heteroatoms. The molecule has 6 nitrogen and oxygen atoms in total. The fourth-order valence-corrected chi connectivity index (χ4v) is 4.38. The molecule has 2 aliphatic rings. The van der Waals surface area contributed by atoms with Crippen LogP contribution in [-0.2, 0) is 21.1 Å². The van der Waals surface area contributed by atoms with E-state index in [4.69, 9.17) is 11.8 Å². The fourth-order valence-electron chi connectivity index (χ4n) is 4.38. The Balaban J connectivity index is 0.00000110. The first-order valence-corrected chi connectivity index (χ1v) is 11.7. The van der Waals surface area contributed by atoms with E-state index < -0.39 is 0 Å². The van der Waals surface area contributed by atoms with Gasteiger partial charge in [-0.3, -0.25) is 0 Å². The van der Waals surface area contributed by atoms with Crippen LogP contribution in [0, 0.1) is 31.2 Å². The van der Waals surface area contributed by atoms with E-state index in [-0.39, 0.29) is 21.1 Å². The van der Waals surface area contributed by atoms with E-state index in [1.165, 1.54) is 22.3 Å². The number of hydrogen-bond donors (Lipinski definition) is 0. The summed E-state index contributed by atoms with van der Waals surface area (Å²) in [6.45, 7) is 8.83. The van der Waals surface area contributed by atoms with Crippen molar-refractivity contribution in [2.75, 3.05) is 21.7 Å². The largest absolute Gasteiger partial charge is 4.00 e. The molecular formula is C31H24N6Pt. The maximum atomic E-state index is 6.25. The zero-order valence-corrected chi connectivity index (χ0v) is 22.9. The molecule has 0 spiro atoms. The zero-order chi connectivity index (χ0) is 25.6. The van der Waals surface area contributed by atoms with Gasteiger partial charge in [0, 0.05) is 16.8 Å². The molecule has 0 fully saturated rings. The van der Waals surface area contributed by atoms with E-state index in [1.807, 2.05) is 54.5 Å². The Morgan fingerprint density at radius 2 is 1.16 bits per heavy atom. The molecule has 0 radical (unpaired) electrons. The van der Waals surface area contributed by atoms with E-state index in [1.54, 1.807) is 0 Å². The van der Waals surface area contributed by atoms with Gasteiger partial charge in [0.15, 0.2) is 0 Å². The van der Waals surface area contributed by atoms with E-state index in [0.29, 0.717) is 0 Å². The van der Waals surface area contributed by atoms with Gasteiger partial charge in [0.25, 0.3) is 0 Å². The van der Waals surface area contributed by atoms with Gasteiger partial charge in [-0.2, -0.15) is 6.67 Å². The maximum Gasteiger partial charge on any atom is 4.00 e. The first-order valence-electron chi connectivity index (χ1n) is 11.7. The van der Waals surface area contributed by atoms with E-state index in [9.17, 15) is 0 Å². The van der Waals surface area contributed by atoms with Gasteiger partial charge in [-0.05, 0) is 43.0 Å². The third-order valence-electron chi connectivity index (χ3n) is 6.08. The average molecular weight is 676 g/mol. The molecule has 0 atom stereocenters. The standard InChI is InChI=1S/C30H24N5.CN.Pt/c1-32-15-16-33(22-32)26-19-27(21-31-20-26)34-17-18-35(23-34)30-28(24-9-4-2-5-10-24)13-8-14-29(30)25-11-6-3-7-12-25;1-2;/h2-18,20-23H,1H3;;/q-3;-1;+4. The average Bonchev–Trinajstić information content (AvgIpc) is 3.64. The van der Waals surface area contributed by atoms with Crippen LogP contribution in [0.5, 0.6) is 0 Å². The van der Waals surface area contributed by atoms with Gasteiger partial charge in [0.05, 0.1) is 0 Å². The monoisotopic (exact) mass is 675 g/mol. The maximum absolute atomic E-state index is 6.25. The third-order valence-corrected chi connectivity index (χ3v) is 6.08. The van der Waals surface area contributed by atoms with Crippen LogP contribution in [0.2, 0.25) is 0 Å². The van der Waals surface area contributed by atoms with Crippen LogP contribution in [0.4, 0.5) is 17.1 Å². The molecule has 38 heavy (non-hydrogen) atoms. The van der Waals surface area contributed by atoms with Gasteiger partial charge in [-0.15, -0.1) is 12.7 Å². The van der Waals surface area contributed by atoms with Crippen molar-refractivity contribution in [2.45, 2.75) is 0 Å². The summed E-state index contributed by atoms with van der Waals surface area (Å²) in [6.07, 6.45) is 11.8. The van der Waals surface area contributed by atoms with Crippen molar-refractivity contribution in [1.29, 1.82) is 5.26 Å². The third kappa shape index (κ3) is 5.49. The summed E-state index contributed by atoms with van der Waals surface area (Å²) in [5, 5.41) is 6.25. The summed E-state index contributed by atoms with van der Waals surface area (Å²) in [7, 11) is 2.00. The van der Waals surface area contributed by atoms with Crippen molar-refractivity contribution >= 4 is 17.1 Å². The van der Waals surface area contributed by atoms with Crippen LogP contribution < -0.4 is 14.7 Å². The predicted molar refractivity (Wildman–Crippen MR) is 147 cm³/mol. The Morgan fingerprint density at radius 3 is 1.68 bits per heavy atom. The predicted octanol–water partition coefficient (Wildman–Crippen LogP) is 6.57. The molecule has 2 aliphatic heterocycles. The molecule has 0 saturated heterocycles. The fraction of sp³-hybridized carbons (Fsp3) is 0.0323. The van der Waals surface area contributed by atoms with Crippen LogP contribution >= 0.6 is 0 Å². The Hall–Kier alpha value is -4.33. The first-order chi connectivity index (χ1) is 18.3. The number of hydrogen-bond acceptors (Lipinski definition) is 6. The summed E-state index contributed by atoms with van der Waals surface area (Å²) < 4.78 is 0. The number of anilines is 3. The molecule has 0 saturated carbocycles. The molecule has 0 unspecified atom stereocenters. The molecule has 0 bridgehead atoms. The molecule has 0 aliphatic carbocycles. The second kappa shape index (κ2) is 12.3. The van der Waals surface area contributed by atoms with E-state index in [2.05, 4.69) is 113 Å². The number of aromatic nitrogens is 1. The molecule has 1 aromatic heterocycles. The van der Waals surface area contributed by atoms with Gasteiger partial charge in [-0.25, -0.2) is 0 Å². The molecule has 188 valence electrons. The molecule has 6 rings (SSSR count). The van der Waals surface area contributed by atoms with Gasteiger partial charge in [0.2, 0.25) is 0 Å². The Labute approximate surface area is 238 Å². The Bertz CT molecular complexity index is 1380. The molecule has 3 aromatic carbocycles. The molecule has 0 amide bonds. The van der Waals surface area contributed by atoms with E-state index >= 15 is 0 Å². The topological polar surface area (TPSA) is 49.6 Å². The number of pyridine rings is 1. The van der Waals surface area contributed by atoms with Crippen molar-refractivity contribution in [1.82, 2.24) is 9.88 Å². The minimum atomic E-state index is 0. The summed E-state index contributed by atoms with van der Waals surface area (Å²) in [5.41, 5.74) is 7.59. The number of benzene rings is 3. The Kier molecular flexibility index (Phi) is 8.63. The SMILES string of the molecule is CN1C=CN(c2[c-]c(N3C=CN(c4c(-c5ccccc5)cccc4-c4ccccc4)[CH-]3)cnc2)[CH-]1.[C-]#N.[Pt+4]. The number of para-hydroxylation sites is 1. The smallest absolute Gasteiger partial charge is 0.512 e. The molecule has 0 N–H and O–H groups in total. The van der Waals surface area contributed by atoms with Crippen LogP contribution in [0.25, 0.3) is 22.3 Å². The van der Waals surface area contributed by atoms with Gasteiger partial charge in [0.1, 0.15) is 0 Å². The minimum absolute atomic E-state index is 0. The summed E-state index contributed by atoms with van der Waals surface area (Å²) >= 11 is 0. The molecule has 4 aromatic rings. The van der Waals surface area contributed by atoms with Gasteiger partial charge < -0.3 is 36.4 Å². The second-order valence-corrected chi connectivity index (χ2v) is 8.45. The normalized spacial score (nSPS) is 13.8. The number of nitrogens with zero attached hydrogens (tertiary/aromatic N) is 6. The number of rotatable bonds is 5. The van der Waals surface area contributed by atoms with Crippen LogP contribution in [0.1, 0.15) is 0 Å². The van der Waals surface area contributed by atoms with Gasteiger partial charge in [-0.1, -0.05) is 103 Å². The van der Waals surface area contributed by atoms with Crippen molar-refractivity contribution < 1.29 is 21.1 Å². The van der Waals surface area contributed by atoms with Crippen LogP contribution in [-0.4, -0.2) is 16.9 Å². The minimum Gasteiger partial charge on any atom is -0.512 e. The summed E-state index contributed by atoms with van der Waals surface area (Å²) in [6, 6.07) is 31.0. The van der Waals surface area contributed by atoms with Crippen molar-refractivity contribution in [2.24, 2.45) is 0 Å². The van der Waals surface area contributed by atoms with Crippen molar-refractivity contribution in [3.05, 3.63) is 142 Å². The molecular weight excluding hydrogens is 651 g/mol. The second-order valence-electron chi connectivity index (χ2n) is 8.45. The quantitative estimate of drug-likeness (QED) is 0.223.